The molecule has 1 N–H and O–H groups in total. The fourth-order valence-electron chi connectivity index (χ4n) is 3.57. The van der Waals surface area contributed by atoms with Crippen LogP contribution in [0.2, 0.25) is 10.0 Å². The van der Waals surface area contributed by atoms with E-state index in [1.165, 1.54) is 29.4 Å². The minimum absolute atomic E-state index is 0.0272. The summed E-state index contributed by atoms with van der Waals surface area (Å²) in [4.78, 5) is 28.4. The molecular weight excluding hydrogens is 457 g/mol. The van der Waals surface area contributed by atoms with E-state index in [1.807, 2.05) is 18.4 Å². The zero-order chi connectivity index (χ0) is 22.3. The molecule has 0 aliphatic carbocycles. The summed E-state index contributed by atoms with van der Waals surface area (Å²) in [6.45, 7) is 1.90. The zero-order valence-corrected chi connectivity index (χ0v) is 18.9. The van der Waals surface area contributed by atoms with Crippen molar-refractivity contribution in [2.45, 2.75) is 13.0 Å². The van der Waals surface area contributed by atoms with Crippen LogP contribution in [0.5, 0.6) is 5.75 Å². The molecule has 1 saturated heterocycles. The first-order chi connectivity index (χ1) is 14.8. The highest BCUT2D eigenvalue weighted by Crippen LogP contribution is 2.45. The predicted octanol–water partition coefficient (Wildman–Crippen LogP) is 6.00. The first-order valence-corrected chi connectivity index (χ1v) is 10.9. The van der Waals surface area contributed by atoms with Crippen LogP contribution in [0, 0.1) is 6.92 Å². The van der Waals surface area contributed by atoms with Crippen molar-refractivity contribution in [3.8, 4) is 5.75 Å². The van der Waals surface area contributed by atoms with E-state index >= 15 is 0 Å². The number of halogens is 2. The van der Waals surface area contributed by atoms with E-state index in [0.29, 0.717) is 16.5 Å². The monoisotopic (exact) mass is 473 g/mol. The Labute approximate surface area is 193 Å². The number of ketones is 1. The van der Waals surface area contributed by atoms with Gasteiger partial charge in [-0.3, -0.25) is 14.5 Å². The summed E-state index contributed by atoms with van der Waals surface area (Å²) < 4.78 is 5.23. The van der Waals surface area contributed by atoms with Crippen molar-refractivity contribution in [1.29, 1.82) is 0 Å². The van der Waals surface area contributed by atoms with Gasteiger partial charge < -0.3 is 9.84 Å². The minimum Gasteiger partial charge on any atom is -0.507 e. The first-order valence-electron chi connectivity index (χ1n) is 9.28. The molecular formula is C23H17Cl2NO4S. The van der Waals surface area contributed by atoms with Crippen LogP contribution in [0.4, 0.5) is 5.69 Å². The zero-order valence-electron chi connectivity index (χ0n) is 16.6. The molecule has 158 valence electrons. The number of methoxy groups -OCH3 is 1. The number of aliphatic hydroxyl groups excluding tert-OH is 1. The lowest BCUT2D eigenvalue weighted by Gasteiger charge is -2.25. The number of aryl methyl sites for hydroxylation is 1. The molecule has 0 radical (unpaired) electrons. The van der Waals surface area contributed by atoms with E-state index in [2.05, 4.69) is 0 Å². The third-order valence-corrected chi connectivity index (χ3v) is 6.78. The molecule has 1 amide bonds. The number of aliphatic hydroxyl groups is 1. The summed E-state index contributed by atoms with van der Waals surface area (Å²) in [6, 6.07) is 12.5. The number of benzene rings is 2. The fourth-order valence-corrected chi connectivity index (χ4v) is 4.93. The molecule has 0 bridgehead atoms. The van der Waals surface area contributed by atoms with Crippen LogP contribution in [0.3, 0.4) is 0 Å². The van der Waals surface area contributed by atoms with Gasteiger partial charge in [0.25, 0.3) is 11.7 Å². The van der Waals surface area contributed by atoms with Crippen LogP contribution in [0.25, 0.3) is 5.76 Å². The fraction of sp³-hybridized carbons (Fsp3) is 0.130. The van der Waals surface area contributed by atoms with Crippen molar-refractivity contribution in [1.82, 2.24) is 0 Å². The molecule has 2 aromatic carbocycles. The number of Topliss-reactive ketones (excluding diaryl/α,β-unsaturated/α-hetero) is 1. The largest absolute Gasteiger partial charge is 0.507 e. The van der Waals surface area contributed by atoms with E-state index in [0.717, 1.165) is 10.4 Å². The number of hydrogen-bond donors (Lipinski definition) is 1. The summed E-state index contributed by atoms with van der Waals surface area (Å²) >= 11 is 13.7. The Morgan fingerprint density at radius 1 is 1.10 bits per heavy atom. The smallest absolute Gasteiger partial charge is 0.300 e. The van der Waals surface area contributed by atoms with Crippen molar-refractivity contribution in [2.24, 2.45) is 0 Å². The molecule has 0 spiro atoms. The van der Waals surface area contributed by atoms with Gasteiger partial charge in [0, 0.05) is 21.2 Å². The lowest BCUT2D eigenvalue weighted by atomic mass is 9.98. The number of hydrogen-bond acceptors (Lipinski definition) is 5. The molecule has 1 aromatic heterocycles. The molecule has 1 aliphatic rings. The van der Waals surface area contributed by atoms with Crippen LogP contribution < -0.4 is 9.64 Å². The maximum absolute atomic E-state index is 13.1. The highest BCUT2D eigenvalue weighted by Gasteiger charge is 2.48. The normalized spacial score (nSPS) is 17.9. The molecule has 4 rings (SSSR count). The molecule has 2 heterocycles. The second-order valence-electron chi connectivity index (χ2n) is 6.96. The lowest BCUT2D eigenvalue weighted by molar-refractivity contribution is -0.132. The third kappa shape index (κ3) is 3.71. The lowest BCUT2D eigenvalue weighted by Crippen LogP contribution is -2.29. The van der Waals surface area contributed by atoms with Crippen molar-refractivity contribution < 1.29 is 19.4 Å². The van der Waals surface area contributed by atoms with Crippen LogP contribution in [0.1, 0.15) is 22.0 Å². The van der Waals surface area contributed by atoms with Crippen molar-refractivity contribution >= 4 is 57.7 Å². The number of nitrogens with zero attached hydrogens (tertiary/aromatic N) is 1. The number of amides is 1. The van der Waals surface area contributed by atoms with Gasteiger partial charge >= 0.3 is 0 Å². The van der Waals surface area contributed by atoms with Gasteiger partial charge in [0.15, 0.2) is 0 Å². The summed E-state index contributed by atoms with van der Waals surface area (Å²) in [7, 11) is 1.49. The molecule has 1 fully saturated rings. The second-order valence-corrected chi connectivity index (χ2v) is 8.75. The van der Waals surface area contributed by atoms with Gasteiger partial charge in [0.05, 0.1) is 17.7 Å². The minimum atomic E-state index is -0.802. The van der Waals surface area contributed by atoms with E-state index < -0.39 is 17.7 Å². The van der Waals surface area contributed by atoms with Gasteiger partial charge in [-0.1, -0.05) is 23.2 Å². The quantitative estimate of drug-likeness (QED) is 0.286. The molecule has 1 aliphatic heterocycles. The molecule has 0 saturated carbocycles. The Morgan fingerprint density at radius 2 is 1.81 bits per heavy atom. The van der Waals surface area contributed by atoms with Crippen LogP contribution in [-0.4, -0.2) is 23.9 Å². The van der Waals surface area contributed by atoms with Gasteiger partial charge in [-0.25, -0.2) is 0 Å². The molecule has 8 heteroatoms. The number of anilines is 1. The maximum atomic E-state index is 13.1. The van der Waals surface area contributed by atoms with Crippen LogP contribution in [0.15, 0.2) is 59.5 Å². The van der Waals surface area contributed by atoms with Crippen LogP contribution >= 0.6 is 34.5 Å². The van der Waals surface area contributed by atoms with Gasteiger partial charge in [0.2, 0.25) is 0 Å². The second kappa shape index (κ2) is 8.38. The van der Waals surface area contributed by atoms with Crippen molar-refractivity contribution in [2.75, 3.05) is 12.0 Å². The molecule has 3 aromatic rings. The molecule has 5 nitrogen and oxygen atoms in total. The number of carbonyl (C=O) groups excluding carboxylic acids is 2. The summed E-state index contributed by atoms with van der Waals surface area (Å²) in [5.41, 5.74) is 1.59. The topological polar surface area (TPSA) is 66.8 Å². The highest BCUT2D eigenvalue weighted by molar-refractivity contribution is 7.10. The van der Waals surface area contributed by atoms with E-state index in [9.17, 15) is 14.7 Å². The van der Waals surface area contributed by atoms with Gasteiger partial charge in [-0.2, -0.15) is 0 Å². The number of thiophene rings is 1. The Balaban J connectivity index is 1.97. The predicted molar refractivity (Wildman–Crippen MR) is 123 cm³/mol. The first kappa shape index (κ1) is 21.4. The van der Waals surface area contributed by atoms with Crippen molar-refractivity contribution in [3.63, 3.8) is 0 Å². The summed E-state index contributed by atoms with van der Waals surface area (Å²) in [5, 5.41) is 13.8. The SMILES string of the molecule is COc1ccc(Cl)c(/C(O)=C2\C(=O)C(=O)N(c3ccc(Cl)cc3)C2c2sccc2C)c1. The Bertz CT molecular complexity index is 1220. The van der Waals surface area contributed by atoms with Gasteiger partial charge in [-0.05, 0) is 66.4 Å². The highest BCUT2D eigenvalue weighted by atomic mass is 35.5. The molecule has 1 atom stereocenters. The van der Waals surface area contributed by atoms with Crippen molar-refractivity contribution in [3.05, 3.63) is 85.5 Å². The summed E-state index contributed by atoms with van der Waals surface area (Å²) in [5.74, 6) is -1.41. The van der Waals surface area contributed by atoms with E-state index in [4.69, 9.17) is 27.9 Å². The maximum Gasteiger partial charge on any atom is 0.300 e. The Kier molecular flexibility index (Phi) is 5.79. The number of rotatable bonds is 4. The van der Waals surface area contributed by atoms with Gasteiger partial charge in [-0.15, -0.1) is 11.3 Å². The molecule has 1 unspecified atom stereocenters. The molecule has 31 heavy (non-hydrogen) atoms. The van der Waals surface area contributed by atoms with E-state index in [-0.39, 0.29) is 21.9 Å². The van der Waals surface area contributed by atoms with E-state index in [1.54, 1.807) is 36.4 Å². The average molecular weight is 474 g/mol. The van der Waals surface area contributed by atoms with Gasteiger partial charge in [0.1, 0.15) is 17.6 Å². The third-order valence-electron chi connectivity index (χ3n) is 5.13. The number of carbonyl (C=O) groups is 2. The standard InChI is InChI=1S/C23H17Cl2NO4S/c1-12-9-10-31-22(12)19-18(20(27)16-11-15(30-2)7-8-17(16)25)21(28)23(29)26(19)14-5-3-13(24)4-6-14/h3-11,19,27H,1-2H3/b20-18+. The summed E-state index contributed by atoms with van der Waals surface area (Å²) in [6.07, 6.45) is 0. The van der Waals surface area contributed by atoms with Crippen LogP contribution in [-0.2, 0) is 9.59 Å². The Hall–Kier alpha value is -2.80. The Morgan fingerprint density at radius 3 is 2.42 bits per heavy atom. The number of ether oxygens (including phenoxy) is 1. The average Bonchev–Trinajstić information content (AvgIpc) is 3.29.